The molecule has 0 unspecified atom stereocenters. The van der Waals surface area contributed by atoms with Gasteiger partial charge in [-0.05, 0) is 39.8 Å². The molecule has 0 aliphatic carbocycles. The van der Waals surface area contributed by atoms with Gasteiger partial charge in [-0.25, -0.2) is 23.8 Å². The topological polar surface area (TPSA) is 102 Å². The van der Waals surface area contributed by atoms with Gasteiger partial charge in [-0.1, -0.05) is 6.07 Å². The van der Waals surface area contributed by atoms with E-state index in [4.69, 9.17) is 4.74 Å². The van der Waals surface area contributed by atoms with Crippen LogP contribution in [0.2, 0.25) is 0 Å². The summed E-state index contributed by atoms with van der Waals surface area (Å²) < 4.78 is 22.4. The second-order valence-electron chi connectivity index (χ2n) is 8.95. The number of amides is 2. The highest BCUT2D eigenvalue weighted by Gasteiger charge is 2.49. The van der Waals surface area contributed by atoms with Gasteiger partial charge in [0.1, 0.15) is 11.4 Å². The average molecular weight is 440 g/mol. The molecule has 9 nitrogen and oxygen atoms in total. The van der Waals surface area contributed by atoms with Gasteiger partial charge in [0.25, 0.3) is 0 Å². The molecule has 0 saturated carbocycles. The molecule has 168 valence electrons. The number of nitrogens with one attached hydrogen (secondary N) is 1. The molecule has 1 saturated heterocycles. The molecular formula is C22H25FN6O3. The zero-order chi connectivity index (χ0) is 23.3. The second-order valence-corrected chi connectivity index (χ2v) is 8.95. The van der Waals surface area contributed by atoms with Gasteiger partial charge < -0.3 is 15.0 Å². The van der Waals surface area contributed by atoms with Gasteiger partial charge in [-0.2, -0.15) is 5.10 Å². The lowest BCUT2D eigenvalue weighted by Crippen LogP contribution is -2.60. The van der Waals surface area contributed by atoms with Crippen LogP contribution >= 0.6 is 0 Å². The van der Waals surface area contributed by atoms with Crippen molar-refractivity contribution in [1.82, 2.24) is 24.6 Å². The Morgan fingerprint density at radius 3 is 2.62 bits per heavy atom. The van der Waals surface area contributed by atoms with Crippen LogP contribution < -0.4 is 5.32 Å². The molecule has 1 aliphatic rings. The normalized spacial score (nSPS) is 15.4. The molecule has 0 aromatic carbocycles. The molecule has 3 aromatic rings. The number of likely N-dealkylation sites (tertiary alicyclic amines) is 1. The summed E-state index contributed by atoms with van der Waals surface area (Å²) in [7, 11) is 0. The fourth-order valence-electron chi connectivity index (χ4n) is 3.55. The number of nitrogens with zero attached hydrogens (tertiary/aromatic N) is 5. The van der Waals surface area contributed by atoms with Crippen LogP contribution in [-0.4, -0.2) is 55.3 Å². The van der Waals surface area contributed by atoms with Crippen LogP contribution in [0.1, 0.15) is 39.1 Å². The van der Waals surface area contributed by atoms with Crippen molar-refractivity contribution in [3.05, 3.63) is 41.9 Å². The molecule has 10 heteroatoms. The van der Waals surface area contributed by atoms with Gasteiger partial charge >= 0.3 is 6.09 Å². The van der Waals surface area contributed by atoms with Gasteiger partial charge in [-0.3, -0.25) is 4.79 Å². The van der Waals surface area contributed by atoms with Crippen molar-refractivity contribution in [3.8, 4) is 5.82 Å². The van der Waals surface area contributed by atoms with Crippen molar-refractivity contribution in [2.24, 2.45) is 0 Å². The van der Waals surface area contributed by atoms with E-state index in [1.807, 2.05) is 6.92 Å². The Morgan fingerprint density at radius 2 is 1.97 bits per heavy atom. The van der Waals surface area contributed by atoms with E-state index >= 15 is 4.39 Å². The molecule has 0 radical (unpaired) electrons. The summed E-state index contributed by atoms with van der Waals surface area (Å²) in [4.78, 5) is 33.6. The number of aromatic nitrogens is 4. The zero-order valence-electron chi connectivity index (χ0n) is 18.6. The SMILES string of the molecule is CC(=O)Nc1cc2c(cn1)c(C)nn2-c1cccc(C2(F)CN(C(=O)OC(C)(C)C)C2)n1. The largest absolute Gasteiger partial charge is 0.444 e. The van der Waals surface area contributed by atoms with Crippen molar-refractivity contribution in [3.63, 3.8) is 0 Å². The molecule has 3 aromatic heterocycles. The van der Waals surface area contributed by atoms with Crippen LogP contribution in [0.4, 0.5) is 15.0 Å². The van der Waals surface area contributed by atoms with E-state index in [-0.39, 0.29) is 24.7 Å². The Hall–Kier alpha value is -3.56. The van der Waals surface area contributed by atoms with E-state index in [1.54, 1.807) is 55.9 Å². The Kier molecular flexibility index (Phi) is 5.10. The molecule has 1 N–H and O–H groups in total. The molecule has 2 amide bonds. The van der Waals surface area contributed by atoms with Gasteiger partial charge in [-0.15, -0.1) is 0 Å². The quantitative estimate of drug-likeness (QED) is 0.669. The highest BCUT2D eigenvalue weighted by molar-refractivity contribution is 5.91. The smallest absolute Gasteiger partial charge is 0.410 e. The number of fused-ring (bicyclic) bond motifs is 1. The fourth-order valence-corrected chi connectivity index (χ4v) is 3.55. The zero-order valence-corrected chi connectivity index (χ0v) is 18.6. The number of rotatable bonds is 3. The lowest BCUT2D eigenvalue weighted by molar-refractivity contribution is -0.114. The van der Waals surface area contributed by atoms with E-state index in [0.717, 1.165) is 11.1 Å². The van der Waals surface area contributed by atoms with E-state index in [1.165, 1.54) is 11.8 Å². The number of carbonyl (C=O) groups excluding carboxylic acids is 2. The van der Waals surface area contributed by atoms with Crippen LogP contribution in [0.3, 0.4) is 0 Å². The minimum absolute atomic E-state index is 0.131. The molecule has 1 fully saturated rings. The van der Waals surface area contributed by atoms with Gasteiger partial charge in [0, 0.05) is 24.6 Å². The lowest BCUT2D eigenvalue weighted by Gasteiger charge is -2.43. The van der Waals surface area contributed by atoms with Gasteiger partial charge in [0.15, 0.2) is 11.5 Å². The summed E-state index contributed by atoms with van der Waals surface area (Å²) in [5.41, 5.74) is -0.791. The fraction of sp³-hybridized carbons (Fsp3) is 0.409. The van der Waals surface area contributed by atoms with E-state index in [0.29, 0.717) is 17.2 Å². The van der Waals surface area contributed by atoms with Gasteiger partial charge in [0.2, 0.25) is 5.91 Å². The summed E-state index contributed by atoms with van der Waals surface area (Å²) in [6, 6.07) is 6.72. The maximum atomic E-state index is 15.5. The molecule has 0 bridgehead atoms. The maximum absolute atomic E-state index is 15.5. The van der Waals surface area contributed by atoms with Crippen LogP contribution in [-0.2, 0) is 15.2 Å². The number of aryl methyl sites for hydroxylation is 1. The molecule has 32 heavy (non-hydrogen) atoms. The first-order chi connectivity index (χ1) is 14.9. The number of halogens is 1. The Labute approximate surface area is 184 Å². The van der Waals surface area contributed by atoms with Crippen molar-refractivity contribution in [2.75, 3.05) is 18.4 Å². The number of carbonyl (C=O) groups is 2. The van der Waals surface area contributed by atoms with Crippen LogP contribution in [0.5, 0.6) is 0 Å². The van der Waals surface area contributed by atoms with Crippen LogP contribution in [0, 0.1) is 6.92 Å². The first kappa shape index (κ1) is 21.7. The van der Waals surface area contributed by atoms with E-state index in [9.17, 15) is 9.59 Å². The predicted octanol–water partition coefficient (Wildman–Crippen LogP) is 3.50. The minimum atomic E-state index is -1.77. The summed E-state index contributed by atoms with van der Waals surface area (Å²) in [5, 5.41) is 7.97. The standard InChI is InChI=1S/C22H25FN6O3/c1-13-15-10-24-18(25-14(2)30)9-16(15)29(27-13)19-8-6-7-17(26-19)22(23)11-28(12-22)20(31)32-21(3,4)5/h6-10H,11-12H2,1-5H3,(H,24,25,30). The van der Waals surface area contributed by atoms with Crippen molar-refractivity contribution in [2.45, 2.75) is 45.9 Å². The molecule has 0 spiro atoms. The summed E-state index contributed by atoms with van der Waals surface area (Å²) in [6.45, 7) is 8.27. The first-order valence-electron chi connectivity index (χ1n) is 10.2. The third-order valence-corrected chi connectivity index (χ3v) is 5.00. The summed E-state index contributed by atoms with van der Waals surface area (Å²) in [5.74, 6) is 0.572. The number of ether oxygens (including phenoxy) is 1. The number of anilines is 1. The Morgan fingerprint density at radius 1 is 1.25 bits per heavy atom. The van der Waals surface area contributed by atoms with Crippen LogP contribution in [0.15, 0.2) is 30.5 Å². The number of pyridine rings is 2. The van der Waals surface area contributed by atoms with Crippen molar-refractivity contribution >= 4 is 28.7 Å². The third kappa shape index (κ3) is 4.12. The van der Waals surface area contributed by atoms with Crippen LogP contribution in [0.25, 0.3) is 16.7 Å². The second kappa shape index (κ2) is 7.54. The molecule has 1 aliphatic heterocycles. The number of alkyl halides is 1. The predicted molar refractivity (Wildman–Crippen MR) is 116 cm³/mol. The first-order valence-corrected chi connectivity index (χ1v) is 10.2. The molecule has 4 heterocycles. The highest BCUT2D eigenvalue weighted by atomic mass is 19.1. The van der Waals surface area contributed by atoms with Gasteiger partial charge in [0.05, 0.1) is 30.0 Å². The number of hydrogen-bond acceptors (Lipinski definition) is 6. The molecule has 4 rings (SSSR count). The third-order valence-electron chi connectivity index (χ3n) is 5.00. The van der Waals surface area contributed by atoms with E-state index in [2.05, 4.69) is 20.4 Å². The number of hydrogen-bond donors (Lipinski definition) is 1. The van der Waals surface area contributed by atoms with Crippen molar-refractivity contribution in [1.29, 1.82) is 0 Å². The molecular weight excluding hydrogens is 415 g/mol. The monoisotopic (exact) mass is 440 g/mol. The average Bonchev–Trinajstić information content (AvgIpc) is 3.00. The van der Waals surface area contributed by atoms with Crippen molar-refractivity contribution < 1.29 is 18.7 Å². The Bertz CT molecular complexity index is 1210. The summed E-state index contributed by atoms with van der Waals surface area (Å²) >= 11 is 0. The maximum Gasteiger partial charge on any atom is 0.410 e. The minimum Gasteiger partial charge on any atom is -0.444 e. The summed E-state index contributed by atoms with van der Waals surface area (Å²) in [6.07, 6.45) is 1.08. The van der Waals surface area contributed by atoms with E-state index < -0.39 is 17.4 Å². The lowest BCUT2D eigenvalue weighted by atomic mass is 9.92. The Balaban J connectivity index is 1.62. The highest BCUT2D eigenvalue weighted by Crippen LogP contribution is 2.36. The molecule has 0 atom stereocenters.